The zero-order chi connectivity index (χ0) is 9.97. The zero-order valence-corrected chi connectivity index (χ0v) is 8.69. The molecule has 1 N–H and O–H groups in total. The van der Waals surface area contributed by atoms with E-state index in [0.717, 1.165) is 31.3 Å². The van der Waals surface area contributed by atoms with Crippen LogP contribution in [0.5, 0.6) is 0 Å². The Bertz CT molecular complexity index is 198. The molecule has 2 aliphatic carbocycles. The van der Waals surface area contributed by atoms with Gasteiger partial charge >= 0.3 is 0 Å². The molecule has 3 aliphatic rings. The number of fused-ring (bicyclic) bond motifs is 1. The Morgan fingerprint density at radius 3 is 2.50 bits per heavy atom. The summed E-state index contributed by atoms with van der Waals surface area (Å²) in [7, 11) is 0. The van der Waals surface area contributed by atoms with Crippen molar-refractivity contribution < 1.29 is 9.84 Å². The van der Waals surface area contributed by atoms with Crippen LogP contribution in [0.4, 0.5) is 0 Å². The number of epoxide rings is 1. The summed E-state index contributed by atoms with van der Waals surface area (Å²) in [5.41, 5.74) is 0. The van der Waals surface area contributed by atoms with Gasteiger partial charge in [0.25, 0.3) is 0 Å². The van der Waals surface area contributed by atoms with Gasteiger partial charge in [0.15, 0.2) is 0 Å². The van der Waals surface area contributed by atoms with Crippen molar-refractivity contribution in [2.45, 2.75) is 44.3 Å². The first-order valence-corrected chi connectivity index (χ1v) is 5.72. The highest BCUT2D eigenvalue weighted by molar-refractivity contribution is 4.97. The monoisotopic (exact) mass is 196 g/mol. The molecule has 4 atom stereocenters. The fourth-order valence-corrected chi connectivity index (χ4v) is 2.21. The van der Waals surface area contributed by atoms with Crippen LogP contribution < -0.4 is 0 Å². The van der Waals surface area contributed by atoms with Crippen LogP contribution in [-0.4, -0.2) is 23.9 Å². The lowest BCUT2D eigenvalue weighted by Gasteiger charge is -1.97. The highest BCUT2D eigenvalue weighted by Gasteiger charge is 2.47. The molecule has 3 fully saturated rings. The van der Waals surface area contributed by atoms with E-state index in [1.54, 1.807) is 0 Å². The van der Waals surface area contributed by atoms with Gasteiger partial charge in [0.05, 0.1) is 18.8 Å². The molecule has 0 aromatic rings. The fourth-order valence-electron chi connectivity index (χ4n) is 2.21. The van der Waals surface area contributed by atoms with Crippen molar-refractivity contribution in [1.82, 2.24) is 0 Å². The lowest BCUT2D eigenvalue weighted by atomic mass is 10.2. The Morgan fingerprint density at radius 1 is 1.43 bits per heavy atom. The molecule has 0 amide bonds. The molecule has 0 aromatic carbocycles. The van der Waals surface area contributed by atoms with Crippen LogP contribution in [0.15, 0.2) is 12.7 Å². The van der Waals surface area contributed by atoms with Crippen LogP contribution in [0.3, 0.4) is 0 Å². The van der Waals surface area contributed by atoms with E-state index in [-0.39, 0.29) is 6.10 Å². The quantitative estimate of drug-likeness (QED) is 0.554. The lowest BCUT2D eigenvalue weighted by molar-refractivity contribution is 0.159. The van der Waals surface area contributed by atoms with Crippen LogP contribution in [-0.2, 0) is 4.74 Å². The SMILES string of the molecule is C=CCC[C@H]1CO1.O[C@@H]1CC[C@H]2CC21. The highest BCUT2D eigenvalue weighted by Crippen LogP contribution is 2.51. The molecule has 0 spiro atoms. The van der Waals surface area contributed by atoms with E-state index in [1.165, 1.54) is 19.3 Å². The van der Waals surface area contributed by atoms with Crippen molar-refractivity contribution in [2.24, 2.45) is 11.8 Å². The zero-order valence-electron chi connectivity index (χ0n) is 8.69. The standard InChI is InChI=1S/2C6H10O/c7-6-2-1-4-3-5(4)6;1-2-3-4-6-5-7-6/h4-7H,1-3H2;2,6H,1,3-5H2/t4-,5?,6+;6-/m00/s1. The van der Waals surface area contributed by atoms with Gasteiger partial charge in [-0.15, -0.1) is 6.58 Å². The highest BCUT2D eigenvalue weighted by atomic mass is 16.6. The first-order chi connectivity index (χ1) is 6.81. The van der Waals surface area contributed by atoms with Gasteiger partial charge in [-0.1, -0.05) is 6.08 Å². The summed E-state index contributed by atoms with van der Waals surface area (Å²) in [6.07, 6.45) is 8.57. The van der Waals surface area contributed by atoms with Gasteiger partial charge in [0.2, 0.25) is 0 Å². The summed E-state index contributed by atoms with van der Waals surface area (Å²) < 4.78 is 4.96. The molecule has 2 saturated carbocycles. The van der Waals surface area contributed by atoms with E-state index in [9.17, 15) is 0 Å². The summed E-state index contributed by atoms with van der Waals surface area (Å²) >= 11 is 0. The van der Waals surface area contributed by atoms with Crippen LogP contribution >= 0.6 is 0 Å². The van der Waals surface area contributed by atoms with Crippen molar-refractivity contribution in [3.8, 4) is 0 Å². The maximum atomic E-state index is 9.04. The molecular formula is C12H20O2. The Labute approximate surface area is 86.0 Å². The molecule has 1 unspecified atom stereocenters. The molecule has 2 nitrogen and oxygen atoms in total. The Balaban J connectivity index is 0.000000107. The van der Waals surface area contributed by atoms with Gasteiger partial charge in [0.1, 0.15) is 0 Å². The smallest absolute Gasteiger partial charge is 0.0812 e. The molecule has 14 heavy (non-hydrogen) atoms. The largest absolute Gasteiger partial charge is 0.393 e. The number of allylic oxidation sites excluding steroid dienone is 1. The van der Waals surface area contributed by atoms with Crippen molar-refractivity contribution in [1.29, 1.82) is 0 Å². The number of hydrogen-bond donors (Lipinski definition) is 1. The van der Waals surface area contributed by atoms with Gasteiger partial charge in [-0.2, -0.15) is 0 Å². The summed E-state index contributed by atoms with van der Waals surface area (Å²) in [5, 5.41) is 9.04. The molecule has 80 valence electrons. The third-order valence-electron chi connectivity index (χ3n) is 3.40. The number of aliphatic hydroxyl groups is 1. The van der Waals surface area contributed by atoms with E-state index in [0.29, 0.717) is 6.10 Å². The molecule has 1 saturated heterocycles. The number of rotatable bonds is 3. The predicted molar refractivity (Wildman–Crippen MR) is 56.0 cm³/mol. The van der Waals surface area contributed by atoms with E-state index in [4.69, 9.17) is 9.84 Å². The summed E-state index contributed by atoms with van der Waals surface area (Å²) in [6.45, 7) is 4.58. The van der Waals surface area contributed by atoms with E-state index in [1.807, 2.05) is 6.08 Å². The minimum Gasteiger partial charge on any atom is -0.393 e. The van der Waals surface area contributed by atoms with Crippen LogP contribution in [0.1, 0.15) is 32.1 Å². The lowest BCUT2D eigenvalue weighted by Crippen LogP contribution is -2.02. The number of hydrogen-bond acceptors (Lipinski definition) is 2. The van der Waals surface area contributed by atoms with E-state index in [2.05, 4.69) is 6.58 Å². The average molecular weight is 196 g/mol. The van der Waals surface area contributed by atoms with Gasteiger partial charge in [-0.25, -0.2) is 0 Å². The summed E-state index contributed by atoms with van der Waals surface area (Å²) in [4.78, 5) is 0. The van der Waals surface area contributed by atoms with Crippen molar-refractivity contribution in [3.05, 3.63) is 12.7 Å². The first kappa shape index (κ1) is 10.2. The second-order valence-corrected chi connectivity index (χ2v) is 4.63. The Morgan fingerprint density at radius 2 is 2.21 bits per heavy atom. The second-order valence-electron chi connectivity index (χ2n) is 4.63. The fraction of sp³-hybridized carbons (Fsp3) is 0.833. The van der Waals surface area contributed by atoms with Gasteiger partial charge < -0.3 is 9.84 Å². The molecule has 3 rings (SSSR count). The number of aliphatic hydroxyl groups excluding tert-OH is 1. The Hall–Kier alpha value is -0.340. The third kappa shape index (κ3) is 2.82. The van der Waals surface area contributed by atoms with Crippen LogP contribution in [0.2, 0.25) is 0 Å². The first-order valence-electron chi connectivity index (χ1n) is 5.72. The van der Waals surface area contributed by atoms with E-state index < -0.39 is 0 Å². The molecule has 0 bridgehead atoms. The van der Waals surface area contributed by atoms with E-state index >= 15 is 0 Å². The molecular weight excluding hydrogens is 176 g/mol. The predicted octanol–water partition coefficient (Wildman–Crippen LogP) is 2.13. The van der Waals surface area contributed by atoms with Crippen molar-refractivity contribution in [2.75, 3.05) is 6.61 Å². The van der Waals surface area contributed by atoms with Gasteiger partial charge in [-0.05, 0) is 43.9 Å². The van der Waals surface area contributed by atoms with Gasteiger partial charge in [-0.3, -0.25) is 0 Å². The minimum atomic E-state index is 0.0880. The van der Waals surface area contributed by atoms with Crippen molar-refractivity contribution >= 4 is 0 Å². The van der Waals surface area contributed by atoms with Crippen LogP contribution in [0, 0.1) is 11.8 Å². The normalized spacial score (nSPS) is 42.1. The third-order valence-corrected chi connectivity index (χ3v) is 3.40. The van der Waals surface area contributed by atoms with Crippen LogP contribution in [0.25, 0.3) is 0 Å². The molecule has 2 heteroatoms. The minimum absolute atomic E-state index is 0.0880. The maximum absolute atomic E-state index is 9.04. The summed E-state index contributed by atoms with van der Waals surface area (Å²) in [6, 6.07) is 0. The average Bonchev–Trinajstić information content (AvgIpc) is 3.09. The topological polar surface area (TPSA) is 32.8 Å². The second kappa shape index (κ2) is 4.45. The molecule has 0 radical (unpaired) electrons. The maximum Gasteiger partial charge on any atom is 0.0812 e. The van der Waals surface area contributed by atoms with Crippen molar-refractivity contribution in [3.63, 3.8) is 0 Å². The summed E-state index contributed by atoms with van der Waals surface area (Å²) in [5.74, 6) is 1.68. The Kier molecular flexibility index (Phi) is 3.24. The van der Waals surface area contributed by atoms with Gasteiger partial charge in [0, 0.05) is 0 Å². The molecule has 1 heterocycles. The molecule has 1 aliphatic heterocycles. The molecule has 0 aromatic heterocycles. The number of ether oxygens (including phenoxy) is 1.